The first-order chi connectivity index (χ1) is 13.7. The van der Waals surface area contributed by atoms with Gasteiger partial charge in [0.1, 0.15) is 5.60 Å². The summed E-state index contributed by atoms with van der Waals surface area (Å²) in [7, 11) is 0. The van der Waals surface area contributed by atoms with Gasteiger partial charge in [-0.05, 0) is 69.7 Å². The van der Waals surface area contributed by atoms with Crippen molar-refractivity contribution < 1.29 is 9.53 Å². The molecule has 4 rings (SSSR count). The summed E-state index contributed by atoms with van der Waals surface area (Å²) in [4.78, 5) is 16.3. The number of hydrazone groups is 1. The van der Waals surface area contributed by atoms with Crippen LogP contribution in [0.1, 0.15) is 52.0 Å². The molecule has 1 saturated heterocycles. The highest BCUT2D eigenvalue weighted by molar-refractivity contribution is 5.85. The van der Waals surface area contributed by atoms with Crippen molar-refractivity contribution in [2.75, 3.05) is 24.8 Å². The van der Waals surface area contributed by atoms with Crippen molar-refractivity contribution in [2.45, 2.75) is 52.1 Å². The third kappa shape index (κ3) is 4.16. The van der Waals surface area contributed by atoms with Crippen LogP contribution in [0.3, 0.4) is 0 Å². The Bertz CT molecular complexity index is 892. The van der Waals surface area contributed by atoms with Crippen molar-refractivity contribution in [3.8, 4) is 0 Å². The molecule has 1 aliphatic carbocycles. The largest absolute Gasteiger partial charge is 0.444 e. The number of hydrogen-bond donors (Lipinski definition) is 0. The molecule has 1 amide bonds. The highest BCUT2D eigenvalue weighted by Crippen LogP contribution is 2.41. The molecule has 2 fully saturated rings. The number of benzene rings is 1. The summed E-state index contributed by atoms with van der Waals surface area (Å²) >= 11 is 0. The Labute approximate surface area is 173 Å². The van der Waals surface area contributed by atoms with Gasteiger partial charge >= 0.3 is 6.09 Å². The van der Waals surface area contributed by atoms with Gasteiger partial charge in [-0.15, -0.1) is 0 Å². The van der Waals surface area contributed by atoms with Gasteiger partial charge in [0, 0.05) is 13.1 Å². The van der Waals surface area contributed by atoms with E-state index in [1.165, 1.54) is 18.4 Å². The number of nitrogens with zero attached hydrogens (tertiary/aromatic N) is 4. The number of anilines is 1. The molecule has 2 heterocycles. The number of allylic oxidation sites excluding steroid dienone is 2. The predicted octanol–water partition coefficient (Wildman–Crippen LogP) is 4.67. The van der Waals surface area contributed by atoms with E-state index < -0.39 is 5.60 Å². The zero-order chi connectivity index (χ0) is 20.8. The summed E-state index contributed by atoms with van der Waals surface area (Å²) in [6.07, 6.45) is 4.16. The minimum atomic E-state index is -0.490. The van der Waals surface area contributed by atoms with E-state index >= 15 is 0 Å². The van der Waals surface area contributed by atoms with Crippen LogP contribution in [0.5, 0.6) is 0 Å². The second kappa shape index (κ2) is 7.25. The van der Waals surface area contributed by atoms with Gasteiger partial charge in [-0.2, -0.15) is 5.10 Å². The Morgan fingerprint density at radius 1 is 1.24 bits per heavy atom. The van der Waals surface area contributed by atoms with E-state index in [9.17, 15) is 4.79 Å². The molecule has 29 heavy (non-hydrogen) atoms. The fourth-order valence-electron chi connectivity index (χ4n) is 3.72. The monoisotopic (exact) mass is 394 g/mol. The smallest absolute Gasteiger partial charge is 0.411 e. The summed E-state index contributed by atoms with van der Waals surface area (Å²) in [5, 5.41) is 6.59. The number of rotatable bonds is 3. The van der Waals surface area contributed by atoms with Crippen molar-refractivity contribution in [1.29, 1.82) is 0 Å². The van der Waals surface area contributed by atoms with Crippen LogP contribution in [-0.2, 0) is 4.74 Å². The molecule has 0 bridgehead atoms. The zero-order valence-electron chi connectivity index (χ0n) is 17.8. The Kier molecular flexibility index (Phi) is 4.89. The molecule has 0 radical (unpaired) electrons. The Balaban J connectivity index is 1.47. The van der Waals surface area contributed by atoms with Gasteiger partial charge < -0.3 is 9.64 Å². The van der Waals surface area contributed by atoms with E-state index in [1.54, 1.807) is 4.90 Å². The molecule has 2 aliphatic heterocycles. The number of hydrogen-bond acceptors (Lipinski definition) is 5. The highest BCUT2D eigenvalue weighted by Gasteiger charge is 2.31. The lowest BCUT2D eigenvalue weighted by Gasteiger charge is -2.31. The first-order valence-electron chi connectivity index (χ1n) is 10.3. The van der Waals surface area contributed by atoms with Gasteiger partial charge in [-0.1, -0.05) is 18.7 Å². The van der Waals surface area contributed by atoms with E-state index in [4.69, 9.17) is 4.74 Å². The molecule has 0 aromatic heterocycles. The van der Waals surface area contributed by atoms with Crippen LogP contribution in [0.25, 0.3) is 0 Å². The molecule has 0 spiro atoms. The van der Waals surface area contributed by atoms with E-state index in [0.29, 0.717) is 19.1 Å². The van der Waals surface area contributed by atoms with Crippen molar-refractivity contribution in [2.24, 2.45) is 5.10 Å². The lowest BCUT2D eigenvalue weighted by atomic mass is 10.1. The summed E-state index contributed by atoms with van der Waals surface area (Å²) in [6, 6.07) is 8.59. The molecular weight excluding hydrogens is 364 g/mol. The van der Waals surface area contributed by atoms with Gasteiger partial charge in [0.25, 0.3) is 0 Å². The molecule has 154 valence electrons. The van der Waals surface area contributed by atoms with Crippen molar-refractivity contribution in [3.63, 3.8) is 0 Å². The fraction of sp³-hybridized carbons (Fsp3) is 0.478. The topological polar surface area (TPSA) is 48.4 Å². The summed E-state index contributed by atoms with van der Waals surface area (Å²) < 4.78 is 5.50. The molecule has 0 N–H and O–H groups in total. The number of carbonyl (C=O) groups excluding carboxylic acids is 1. The van der Waals surface area contributed by atoms with Crippen LogP contribution in [0, 0.1) is 0 Å². The molecule has 6 heteroatoms. The fourth-order valence-corrected chi connectivity index (χ4v) is 3.72. The maximum absolute atomic E-state index is 12.4. The van der Waals surface area contributed by atoms with Crippen molar-refractivity contribution in [1.82, 2.24) is 9.80 Å². The first-order valence-corrected chi connectivity index (χ1v) is 10.3. The Morgan fingerprint density at radius 2 is 2.00 bits per heavy atom. The van der Waals surface area contributed by atoms with Crippen LogP contribution in [0.15, 0.2) is 52.9 Å². The molecular formula is C23H30N4O2. The molecule has 0 atom stereocenters. The third-order valence-electron chi connectivity index (χ3n) is 5.51. The van der Waals surface area contributed by atoms with Gasteiger partial charge in [-0.25, -0.2) is 9.80 Å². The standard InChI is InChI=1S/C23H30N4O2/c1-16-17(2)27(20-8-6-7-19(13-20)18-9-10-18)24-14-21(16)25-11-12-26(15-25)22(28)29-23(3,4)5/h6-8,13-14,18H,2,9-12,15H2,1,3-5H3. The van der Waals surface area contributed by atoms with E-state index in [-0.39, 0.29) is 6.09 Å². The molecule has 1 aromatic carbocycles. The van der Waals surface area contributed by atoms with Crippen LogP contribution in [0.2, 0.25) is 0 Å². The van der Waals surface area contributed by atoms with Crippen LogP contribution in [-0.4, -0.2) is 47.5 Å². The van der Waals surface area contributed by atoms with Gasteiger partial charge in [0.05, 0.1) is 30.0 Å². The maximum atomic E-state index is 12.4. The third-order valence-corrected chi connectivity index (χ3v) is 5.51. The van der Waals surface area contributed by atoms with Crippen molar-refractivity contribution in [3.05, 3.63) is 53.4 Å². The molecule has 0 unspecified atom stereocenters. The van der Waals surface area contributed by atoms with E-state index in [0.717, 1.165) is 29.2 Å². The normalized spacial score (nSPS) is 20.0. The molecule has 6 nitrogen and oxygen atoms in total. The predicted molar refractivity (Wildman–Crippen MR) is 116 cm³/mol. The Hall–Kier alpha value is -2.76. The SMILES string of the molecule is C=C1C(C)=C(N2CCN(C(=O)OC(C)(C)C)C2)C=NN1c1cccc(C2CC2)c1. The summed E-state index contributed by atoms with van der Waals surface area (Å²) in [5.41, 5.74) is 4.89. The number of amides is 1. The lowest BCUT2D eigenvalue weighted by Crippen LogP contribution is -2.37. The minimum absolute atomic E-state index is 0.275. The van der Waals surface area contributed by atoms with E-state index in [2.05, 4.69) is 47.8 Å². The van der Waals surface area contributed by atoms with Gasteiger partial charge in [0.2, 0.25) is 0 Å². The quantitative estimate of drug-likeness (QED) is 0.748. The molecule has 1 saturated carbocycles. The first kappa shape index (κ1) is 19.6. The Morgan fingerprint density at radius 3 is 2.69 bits per heavy atom. The zero-order valence-corrected chi connectivity index (χ0v) is 17.8. The average molecular weight is 395 g/mol. The van der Waals surface area contributed by atoms with Crippen molar-refractivity contribution >= 4 is 18.0 Å². The number of carbonyl (C=O) groups is 1. The van der Waals surface area contributed by atoms with Gasteiger partial charge in [-0.3, -0.25) is 4.90 Å². The van der Waals surface area contributed by atoms with Crippen LogP contribution < -0.4 is 5.01 Å². The minimum Gasteiger partial charge on any atom is -0.444 e. The molecule has 1 aromatic rings. The summed E-state index contributed by atoms with van der Waals surface area (Å²) in [6.45, 7) is 13.9. The second-order valence-electron chi connectivity index (χ2n) is 9.03. The summed E-state index contributed by atoms with van der Waals surface area (Å²) in [5.74, 6) is 0.702. The van der Waals surface area contributed by atoms with Gasteiger partial charge in [0.15, 0.2) is 0 Å². The van der Waals surface area contributed by atoms with Crippen LogP contribution >= 0.6 is 0 Å². The van der Waals surface area contributed by atoms with Crippen LogP contribution in [0.4, 0.5) is 10.5 Å². The highest BCUT2D eigenvalue weighted by atomic mass is 16.6. The lowest BCUT2D eigenvalue weighted by molar-refractivity contribution is 0.0274. The number of ether oxygens (including phenoxy) is 1. The molecule has 3 aliphatic rings. The average Bonchev–Trinajstić information content (AvgIpc) is 3.40. The maximum Gasteiger partial charge on any atom is 0.411 e. The second-order valence-corrected chi connectivity index (χ2v) is 9.03. The van der Waals surface area contributed by atoms with E-state index in [1.807, 2.05) is 32.0 Å².